The smallest absolute Gasteiger partial charge is 0.267 e. The fourth-order valence-corrected chi connectivity index (χ4v) is 0. The maximum absolute atomic E-state index is 10.9. The summed E-state index contributed by atoms with van der Waals surface area (Å²) in [4.78, 5) is 0. The van der Waals surface area contributed by atoms with Crippen LogP contribution in [-0.2, 0) is 0 Å². The van der Waals surface area contributed by atoms with E-state index in [1.165, 1.54) is 0 Å². The number of alkyl halides is 4. The topological polar surface area (TPSA) is 26.0 Å². The van der Waals surface area contributed by atoms with Crippen LogP contribution in [0.5, 0.6) is 0 Å². The van der Waals surface area contributed by atoms with Gasteiger partial charge in [-0.3, -0.25) is 5.73 Å². The van der Waals surface area contributed by atoms with Gasteiger partial charge in [0.25, 0.3) is 0 Å². The molecule has 0 aliphatic carbocycles. The Hall–Kier alpha value is -0.320. The molecule has 0 aliphatic heterocycles. The Labute approximate surface area is 37.1 Å². The number of hydrogen-bond donors (Lipinski definition) is 1. The van der Waals surface area contributed by atoms with Crippen LogP contribution in [0.4, 0.5) is 17.6 Å². The minimum Gasteiger partial charge on any atom is -0.267 e. The highest BCUT2D eigenvalue weighted by molar-refractivity contribution is 4.56. The molecular weight excluding hydrogens is 114 g/mol. The van der Waals surface area contributed by atoms with Crippen molar-refractivity contribution >= 4 is 0 Å². The SMILES string of the molecule is NC(F)(F)C(F)F. The Bertz CT molecular complexity index is 55.2. The highest BCUT2D eigenvalue weighted by Crippen LogP contribution is 2.14. The zero-order valence-corrected chi connectivity index (χ0v) is 3.17. The highest BCUT2D eigenvalue weighted by atomic mass is 19.3. The summed E-state index contributed by atoms with van der Waals surface area (Å²) in [7, 11) is 0. The van der Waals surface area contributed by atoms with E-state index in [1.807, 2.05) is 0 Å². The standard InChI is InChI=1S/C2H3F4N/c3-1(4)2(5,6)7/h1H,7H2. The summed E-state index contributed by atoms with van der Waals surface area (Å²) in [6.07, 6.45) is -3.76. The lowest BCUT2D eigenvalue weighted by atomic mass is 10.6. The number of halogens is 4. The summed E-state index contributed by atoms with van der Waals surface area (Å²) >= 11 is 0. The number of hydrogen-bond acceptors (Lipinski definition) is 1. The fraction of sp³-hybridized carbons (Fsp3) is 1.00. The minimum absolute atomic E-state index is 3.59. The van der Waals surface area contributed by atoms with Gasteiger partial charge in [0.2, 0.25) is 0 Å². The largest absolute Gasteiger partial charge is 0.360 e. The highest BCUT2D eigenvalue weighted by Gasteiger charge is 2.34. The zero-order chi connectivity index (χ0) is 6.08. The first-order chi connectivity index (χ1) is 2.94. The maximum atomic E-state index is 10.9. The van der Waals surface area contributed by atoms with Crippen molar-refractivity contribution in [3.05, 3.63) is 0 Å². The summed E-state index contributed by atoms with van der Waals surface area (Å²) in [6.45, 7) is 0. The Balaban J connectivity index is 3.54. The van der Waals surface area contributed by atoms with Crippen LogP contribution in [0, 0.1) is 0 Å². The van der Waals surface area contributed by atoms with Gasteiger partial charge in [-0.2, -0.15) is 8.78 Å². The van der Waals surface area contributed by atoms with E-state index in [4.69, 9.17) is 0 Å². The van der Waals surface area contributed by atoms with Crippen LogP contribution in [0.3, 0.4) is 0 Å². The fourth-order valence-electron chi connectivity index (χ4n) is 0. The van der Waals surface area contributed by atoms with Gasteiger partial charge in [-0.1, -0.05) is 0 Å². The van der Waals surface area contributed by atoms with Crippen molar-refractivity contribution in [1.29, 1.82) is 0 Å². The van der Waals surface area contributed by atoms with E-state index >= 15 is 0 Å². The van der Waals surface area contributed by atoms with Gasteiger partial charge in [0.05, 0.1) is 0 Å². The van der Waals surface area contributed by atoms with Crippen LogP contribution in [0.1, 0.15) is 0 Å². The molecule has 0 saturated carbocycles. The van der Waals surface area contributed by atoms with E-state index in [0.29, 0.717) is 0 Å². The first-order valence-electron chi connectivity index (χ1n) is 1.39. The van der Waals surface area contributed by atoms with Gasteiger partial charge in [-0.05, 0) is 0 Å². The lowest BCUT2D eigenvalue weighted by Crippen LogP contribution is -2.36. The predicted octanol–water partition coefficient (Wildman–Crippen LogP) is 0.803. The molecule has 0 fully saturated rings. The second kappa shape index (κ2) is 1.65. The van der Waals surface area contributed by atoms with Crippen molar-refractivity contribution in [3.63, 3.8) is 0 Å². The monoisotopic (exact) mass is 117 g/mol. The summed E-state index contributed by atoms with van der Waals surface area (Å²) in [5.74, 6) is 0. The minimum atomic E-state index is -4.33. The average Bonchev–Trinajstić information content (AvgIpc) is 1.31. The van der Waals surface area contributed by atoms with E-state index in [9.17, 15) is 17.6 Å². The third-order valence-corrected chi connectivity index (χ3v) is 0.291. The molecule has 0 aromatic carbocycles. The van der Waals surface area contributed by atoms with Crippen LogP contribution in [0.2, 0.25) is 0 Å². The van der Waals surface area contributed by atoms with Crippen molar-refractivity contribution < 1.29 is 17.6 Å². The Morgan fingerprint density at radius 2 is 1.43 bits per heavy atom. The molecule has 0 heterocycles. The predicted molar refractivity (Wildman–Crippen MR) is 15.1 cm³/mol. The van der Waals surface area contributed by atoms with Gasteiger partial charge in [-0.15, -0.1) is 0 Å². The molecule has 0 amide bonds. The molecule has 0 atom stereocenters. The van der Waals surface area contributed by atoms with Crippen molar-refractivity contribution in [3.8, 4) is 0 Å². The van der Waals surface area contributed by atoms with Crippen LogP contribution < -0.4 is 5.73 Å². The molecule has 2 N–H and O–H groups in total. The molecule has 0 aromatic rings. The summed E-state index contributed by atoms with van der Waals surface area (Å²) in [5, 5.41) is 0. The van der Waals surface area contributed by atoms with Crippen LogP contribution in [-0.4, -0.2) is 12.5 Å². The normalized spacial score (nSPS) is 12.9. The molecule has 0 saturated heterocycles. The maximum Gasteiger partial charge on any atom is 0.360 e. The van der Waals surface area contributed by atoms with Crippen LogP contribution in [0.25, 0.3) is 0 Å². The van der Waals surface area contributed by atoms with Crippen LogP contribution in [0.15, 0.2) is 0 Å². The van der Waals surface area contributed by atoms with E-state index in [0.717, 1.165) is 0 Å². The molecule has 0 spiro atoms. The molecule has 7 heavy (non-hydrogen) atoms. The number of nitrogens with two attached hydrogens (primary N) is 1. The van der Waals surface area contributed by atoms with E-state index < -0.39 is 12.5 Å². The molecule has 0 radical (unpaired) electrons. The second-order valence-electron chi connectivity index (χ2n) is 0.975. The third-order valence-electron chi connectivity index (χ3n) is 0.291. The summed E-state index contributed by atoms with van der Waals surface area (Å²) < 4.78 is 43.1. The number of rotatable bonds is 1. The quantitative estimate of drug-likeness (QED) is 0.399. The van der Waals surface area contributed by atoms with Crippen LogP contribution >= 0.6 is 0 Å². The molecule has 0 rings (SSSR count). The molecule has 0 bridgehead atoms. The van der Waals surface area contributed by atoms with Gasteiger partial charge in [0.15, 0.2) is 0 Å². The van der Waals surface area contributed by atoms with E-state index in [1.54, 1.807) is 0 Å². The molecule has 5 heteroatoms. The molecule has 0 unspecified atom stereocenters. The second-order valence-corrected chi connectivity index (χ2v) is 0.975. The zero-order valence-electron chi connectivity index (χ0n) is 3.17. The lowest BCUT2D eigenvalue weighted by Gasteiger charge is -2.05. The Morgan fingerprint density at radius 1 is 1.29 bits per heavy atom. The van der Waals surface area contributed by atoms with E-state index in [-0.39, 0.29) is 0 Å². The Morgan fingerprint density at radius 3 is 1.43 bits per heavy atom. The Kier molecular flexibility index (Phi) is 1.58. The lowest BCUT2D eigenvalue weighted by molar-refractivity contribution is -0.123. The van der Waals surface area contributed by atoms with Gasteiger partial charge in [0, 0.05) is 0 Å². The summed E-state index contributed by atoms with van der Waals surface area (Å²) in [6, 6.07) is -4.33. The molecular formula is C2H3F4N. The molecule has 44 valence electrons. The van der Waals surface area contributed by atoms with Gasteiger partial charge in [-0.25, -0.2) is 8.78 Å². The van der Waals surface area contributed by atoms with Crippen molar-refractivity contribution in [2.45, 2.75) is 12.5 Å². The third kappa shape index (κ3) is 2.38. The molecule has 0 aromatic heterocycles. The first-order valence-corrected chi connectivity index (χ1v) is 1.39. The molecule has 0 aliphatic rings. The van der Waals surface area contributed by atoms with Crippen molar-refractivity contribution in [2.24, 2.45) is 5.73 Å². The van der Waals surface area contributed by atoms with Gasteiger partial charge < -0.3 is 0 Å². The average molecular weight is 117 g/mol. The summed E-state index contributed by atoms with van der Waals surface area (Å²) in [5.41, 5.74) is 3.59. The first kappa shape index (κ1) is 6.68. The molecule has 1 nitrogen and oxygen atoms in total. The van der Waals surface area contributed by atoms with Crippen molar-refractivity contribution in [1.82, 2.24) is 0 Å². The van der Waals surface area contributed by atoms with Gasteiger partial charge >= 0.3 is 12.5 Å². The van der Waals surface area contributed by atoms with Crippen molar-refractivity contribution in [2.75, 3.05) is 0 Å². The van der Waals surface area contributed by atoms with Gasteiger partial charge in [0.1, 0.15) is 0 Å². The van der Waals surface area contributed by atoms with E-state index in [2.05, 4.69) is 5.73 Å².